The number of carboxylic acid groups (broad SMARTS) is 1. The number of rotatable bonds is 25. The van der Waals surface area contributed by atoms with Crippen molar-refractivity contribution in [3.05, 3.63) is 24.3 Å². The zero-order valence-corrected chi connectivity index (χ0v) is 23.1. The van der Waals surface area contributed by atoms with E-state index in [1.807, 2.05) is 13.8 Å². The van der Waals surface area contributed by atoms with E-state index in [9.17, 15) is 19.8 Å². The third kappa shape index (κ3) is 21.6. The highest BCUT2D eigenvalue weighted by atomic mass is 16.5. The lowest BCUT2D eigenvalue weighted by Crippen LogP contribution is -2.27. The van der Waals surface area contributed by atoms with Crippen LogP contribution in [0.3, 0.4) is 0 Å². The summed E-state index contributed by atoms with van der Waals surface area (Å²) in [4.78, 5) is 22.5. The van der Waals surface area contributed by atoms with Gasteiger partial charge in [-0.1, -0.05) is 90.4 Å². The number of aliphatic carboxylic acids is 1. The van der Waals surface area contributed by atoms with Gasteiger partial charge < -0.3 is 20.1 Å². The molecular weight excluding hydrogens is 456 g/mol. The van der Waals surface area contributed by atoms with Crippen molar-refractivity contribution in [2.75, 3.05) is 6.61 Å². The van der Waals surface area contributed by atoms with Crippen molar-refractivity contribution < 1.29 is 29.6 Å². The molecule has 6 heteroatoms. The summed E-state index contributed by atoms with van der Waals surface area (Å²) < 4.78 is 5.15. The van der Waals surface area contributed by atoms with Crippen molar-refractivity contribution in [3.8, 4) is 0 Å². The van der Waals surface area contributed by atoms with E-state index in [-0.39, 0.29) is 18.9 Å². The van der Waals surface area contributed by atoms with Crippen LogP contribution in [0.1, 0.15) is 129 Å². The van der Waals surface area contributed by atoms with Gasteiger partial charge in [0.05, 0.1) is 12.2 Å². The fraction of sp³-hybridized carbons (Fsp3) is 0.800. The summed E-state index contributed by atoms with van der Waals surface area (Å²) in [5, 5.41) is 28.5. The topological polar surface area (TPSA) is 104 Å². The number of ether oxygens (including phenoxy) is 1. The van der Waals surface area contributed by atoms with Crippen molar-refractivity contribution in [2.45, 2.75) is 142 Å². The average molecular weight is 511 g/mol. The third-order valence-electron chi connectivity index (χ3n) is 6.79. The highest BCUT2D eigenvalue weighted by Crippen LogP contribution is 2.15. The van der Waals surface area contributed by atoms with Crippen molar-refractivity contribution in [1.82, 2.24) is 0 Å². The lowest BCUT2D eigenvalue weighted by Gasteiger charge is -2.20. The largest absolute Gasteiger partial charge is 0.481 e. The van der Waals surface area contributed by atoms with Crippen LogP contribution in [0.5, 0.6) is 0 Å². The van der Waals surface area contributed by atoms with Gasteiger partial charge in [0.25, 0.3) is 0 Å². The van der Waals surface area contributed by atoms with Gasteiger partial charge in [0.2, 0.25) is 0 Å². The second-order valence-electron chi connectivity index (χ2n) is 10.2. The number of esters is 1. The highest BCUT2D eigenvalue weighted by molar-refractivity contribution is 5.87. The molecular formula is C30H54O6. The third-order valence-corrected chi connectivity index (χ3v) is 6.79. The minimum atomic E-state index is -0.852. The van der Waals surface area contributed by atoms with Gasteiger partial charge in [0.15, 0.2) is 0 Å². The summed E-state index contributed by atoms with van der Waals surface area (Å²) in [6.45, 7) is 7.65. The molecule has 0 saturated heterocycles. The van der Waals surface area contributed by atoms with Crippen LogP contribution in [0.2, 0.25) is 0 Å². The molecule has 0 spiro atoms. The quantitative estimate of drug-likeness (QED) is 0.0522. The summed E-state index contributed by atoms with van der Waals surface area (Å²) in [7, 11) is 0. The molecule has 3 unspecified atom stereocenters. The lowest BCUT2D eigenvalue weighted by atomic mass is 9.97. The highest BCUT2D eigenvalue weighted by Gasteiger charge is 2.19. The van der Waals surface area contributed by atoms with Gasteiger partial charge in [-0.25, -0.2) is 4.79 Å². The zero-order valence-electron chi connectivity index (χ0n) is 23.1. The molecule has 0 aromatic heterocycles. The number of hydrogen-bond acceptors (Lipinski definition) is 5. The summed E-state index contributed by atoms with van der Waals surface area (Å²) >= 11 is 0. The van der Waals surface area contributed by atoms with Gasteiger partial charge in [-0.2, -0.15) is 0 Å². The first-order valence-corrected chi connectivity index (χ1v) is 14.4. The lowest BCUT2D eigenvalue weighted by molar-refractivity contribution is -0.143. The fourth-order valence-electron chi connectivity index (χ4n) is 4.02. The number of carboxylic acids is 1. The SMILES string of the molecule is C=C(CCCCCCCCCC=CCCCCCCCC(=O)O)C(=O)OCC(O)CC(O)C(C)CC. The molecule has 0 fully saturated rings. The maximum absolute atomic E-state index is 12.0. The molecule has 0 amide bonds. The second kappa shape index (κ2) is 23.7. The molecule has 0 aromatic carbocycles. The molecule has 0 aliphatic rings. The molecule has 0 bridgehead atoms. The normalized spacial score (nSPS) is 14.0. The monoisotopic (exact) mass is 510 g/mol. The van der Waals surface area contributed by atoms with Crippen LogP contribution in [-0.4, -0.2) is 46.1 Å². The van der Waals surface area contributed by atoms with Gasteiger partial charge >= 0.3 is 11.9 Å². The van der Waals surface area contributed by atoms with Crippen LogP contribution < -0.4 is 0 Å². The Bertz CT molecular complexity index is 600. The minimum absolute atomic E-state index is 0.100. The summed E-state index contributed by atoms with van der Waals surface area (Å²) in [6.07, 6.45) is 20.8. The molecule has 3 N–H and O–H groups in total. The molecule has 36 heavy (non-hydrogen) atoms. The Morgan fingerprint density at radius 2 is 1.28 bits per heavy atom. The number of carbonyl (C=O) groups is 2. The van der Waals surface area contributed by atoms with Crippen LogP contribution in [0.15, 0.2) is 24.3 Å². The first-order valence-electron chi connectivity index (χ1n) is 14.4. The van der Waals surface area contributed by atoms with Gasteiger partial charge in [-0.3, -0.25) is 4.79 Å². The van der Waals surface area contributed by atoms with Crippen LogP contribution >= 0.6 is 0 Å². The van der Waals surface area contributed by atoms with E-state index in [1.54, 1.807) is 0 Å². The number of unbranched alkanes of at least 4 members (excludes halogenated alkanes) is 12. The Hall–Kier alpha value is -1.66. The smallest absolute Gasteiger partial charge is 0.333 e. The summed E-state index contributed by atoms with van der Waals surface area (Å²) in [5.74, 6) is -1.03. The van der Waals surface area contributed by atoms with Crippen molar-refractivity contribution in [3.63, 3.8) is 0 Å². The van der Waals surface area contributed by atoms with E-state index < -0.39 is 24.1 Å². The molecule has 0 aliphatic carbocycles. The number of aliphatic hydroxyl groups excluding tert-OH is 2. The Morgan fingerprint density at radius 1 is 0.806 bits per heavy atom. The predicted molar refractivity (Wildman–Crippen MR) is 147 cm³/mol. The standard InChI is InChI=1S/C30H54O6/c1-4-25(2)28(32)23-27(31)24-36-30(35)26(3)21-19-17-15-13-11-9-7-5-6-8-10-12-14-16-18-20-22-29(33)34/h6,8,25,27-28,31-32H,3-5,7,9-24H2,1-2H3,(H,33,34). The van der Waals surface area contributed by atoms with E-state index >= 15 is 0 Å². The Morgan fingerprint density at radius 3 is 1.78 bits per heavy atom. The van der Waals surface area contributed by atoms with Crippen LogP contribution in [0.25, 0.3) is 0 Å². The number of hydrogen-bond donors (Lipinski definition) is 3. The van der Waals surface area contributed by atoms with E-state index in [2.05, 4.69) is 18.7 Å². The maximum atomic E-state index is 12.0. The van der Waals surface area contributed by atoms with E-state index in [0.717, 1.165) is 57.8 Å². The minimum Gasteiger partial charge on any atom is -0.481 e. The number of allylic oxidation sites excluding steroid dienone is 2. The maximum Gasteiger partial charge on any atom is 0.333 e. The molecule has 3 atom stereocenters. The molecule has 0 rings (SSSR count). The summed E-state index contributed by atoms with van der Waals surface area (Å²) in [5.41, 5.74) is 0.453. The molecule has 0 heterocycles. The van der Waals surface area contributed by atoms with Crippen LogP contribution in [0.4, 0.5) is 0 Å². The van der Waals surface area contributed by atoms with Crippen LogP contribution in [0, 0.1) is 5.92 Å². The van der Waals surface area contributed by atoms with E-state index in [4.69, 9.17) is 9.84 Å². The molecule has 0 saturated carbocycles. The summed E-state index contributed by atoms with van der Waals surface area (Å²) in [6, 6.07) is 0. The van der Waals surface area contributed by atoms with Crippen molar-refractivity contribution in [2.24, 2.45) is 5.92 Å². The van der Waals surface area contributed by atoms with Gasteiger partial charge in [-0.15, -0.1) is 0 Å². The Balaban J connectivity index is 3.51. The number of carbonyl (C=O) groups excluding carboxylic acids is 1. The molecule has 0 aliphatic heterocycles. The van der Waals surface area contributed by atoms with Gasteiger partial charge in [-0.05, 0) is 50.9 Å². The molecule has 0 aromatic rings. The average Bonchev–Trinajstić information content (AvgIpc) is 2.85. The van der Waals surface area contributed by atoms with Crippen molar-refractivity contribution in [1.29, 1.82) is 0 Å². The first kappa shape index (κ1) is 34.3. The van der Waals surface area contributed by atoms with E-state index in [1.165, 1.54) is 38.5 Å². The zero-order chi connectivity index (χ0) is 27.0. The Labute approximate surface area is 220 Å². The number of aliphatic hydroxyl groups is 2. The molecule has 0 radical (unpaired) electrons. The Kier molecular flexibility index (Phi) is 22.6. The molecule has 6 nitrogen and oxygen atoms in total. The fourth-order valence-corrected chi connectivity index (χ4v) is 4.02. The molecule has 210 valence electrons. The predicted octanol–water partition coefficient (Wildman–Crippen LogP) is 7.13. The first-order chi connectivity index (χ1) is 17.3. The van der Waals surface area contributed by atoms with Gasteiger partial charge in [0.1, 0.15) is 6.61 Å². The van der Waals surface area contributed by atoms with E-state index in [0.29, 0.717) is 18.4 Å². The van der Waals surface area contributed by atoms with Crippen LogP contribution in [-0.2, 0) is 14.3 Å². The van der Waals surface area contributed by atoms with Gasteiger partial charge in [0, 0.05) is 18.4 Å². The second-order valence-corrected chi connectivity index (χ2v) is 10.2. The van der Waals surface area contributed by atoms with Crippen molar-refractivity contribution >= 4 is 11.9 Å².